The van der Waals surface area contributed by atoms with Crippen LogP contribution in [-0.2, 0) is 23.8 Å². The minimum absolute atomic E-state index is 0.272. The first-order valence-electron chi connectivity index (χ1n) is 13.8. The largest absolute Gasteiger partial charge is 0.466 e. The summed E-state index contributed by atoms with van der Waals surface area (Å²) in [6.07, 6.45) is 1.12. The third-order valence-electron chi connectivity index (χ3n) is 8.26. The number of hydrogen-bond donors (Lipinski definition) is 2. The third-order valence-corrected chi connectivity index (χ3v) is 12.8. The van der Waals surface area contributed by atoms with Gasteiger partial charge in [-0.25, -0.2) is 14.4 Å². The molecular weight excluding hydrogens is 552 g/mol. The van der Waals surface area contributed by atoms with Crippen LogP contribution in [-0.4, -0.2) is 70.6 Å². The van der Waals surface area contributed by atoms with E-state index in [0.29, 0.717) is 24.1 Å². The van der Waals surface area contributed by atoms with Crippen molar-refractivity contribution >= 4 is 42.3 Å². The molecule has 42 heavy (non-hydrogen) atoms. The highest BCUT2D eigenvalue weighted by atomic mass is 28.4. The summed E-state index contributed by atoms with van der Waals surface area (Å²) in [4.78, 5) is 52.7. The van der Waals surface area contributed by atoms with Gasteiger partial charge in [-0.15, -0.1) is 0 Å². The Morgan fingerprint density at radius 2 is 1.36 bits per heavy atom. The lowest BCUT2D eigenvalue weighted by Crippen LogP contribution is -2.66. The molecule has 10 heteroatoms. The van der Waals surface area contributed by atoms with E-state index in [2.05, 4.69) is 19.2 Å². The highest BCUT2D eigenvalue weighted by Crippen LogP contribution is 2.41. The molecule has 1 unspecified atom stereocenters. The number of nitrogens with zero attached hydrogens (tertiary/aromatic N) is 1. The zero-order valence-electron chi connectivity index (χ0n) is 24.6. The third kappa shape index (κ3) is 5.45. The van der Waals surface area contributed by atoms with Gasteiger partial charge in [0.25, 0.3) is 14.0 Å². The average molecular weight is 591 g/mol. The first-order chi connectivity index (χ1) is 20.0. The van der Waals surface area contributed by atoms with Crippen LogP contribution in [0.2, 0.25) is 5.04 Å². The molecular formula is C32H38N2O7Si. The Kier molecular flexibility index (Phi) is 9.20. The predicted molar refractivity (Wildman–Crippen MR) is 162 cm³/mol. The van der Waals surface area contributed by atoms with Crippen LogP contribution in [0.15, 0.2) is 84.9 Å². The molecule has 0 aromatic heterocycles. The van der Waals surface area contributed by atoms with Crippen molar-refractivity contribution in [2.45, 2.75) is 43.4 Å². The van der Waals surface area contributed by atoms with Crippen molar-refractivity contribution in [3.8, 4) is 0 Å². The quantitative estimate of drug-likeness (QED) is 0.159. The van der Waals surface area contributed by atoms with Gasteiger partial charge in [-0.05, 0) is 52.5 Å². The second-order valence-corrected chi connectivity index (χ2v) is 15.0. The van der Waals surface area contributed by atoms with Gasteiger partial charge in [0.15, 0.2) is 0 Å². The van der Waals surface area contributed by atoms with Crippen LogP contribution >= 0.6 is 0 Å². The second kappa shape index (κ2) is 12.5. The second-order valence-electron chi connectivity index (χ2n) is 11.0. The van der Waals surface area contributed by atoms with E-state index in [0.717, 1.165) is 10.4 Å². The standard InChI is InChI=1S/C32H38N2O7Si/c1-31(2,42(38,26-12-8-6-9-13-26)27-14-10-7-11-15-27)21-20-24-22-34(25-18-16-23(17-19-25)28(35)39-3)32(33-24,29(36)40-4)30(37)41-5/h6-19,24,33,38H,20-22H2,1-5H3. The van der Waals surface area contributed by atoms with Gasteiger partial charge in [-0.1, -0.05) is 74.5 Å². The molecule has 0 bridgehead atoms. The fraction of sp³-hybridized carbons (Fsp3) is 0.344. The van der Waals surface area contributed by atoms with E-state index in [4.69, 9.17) is 14.2 Å². The van der Waals surface area contributed by atoms with Crippen LogP contribution in [0, 0.1) is 0 Å². The van der Waals surface area contributed by atoms with E-state index >= 15 is 0 Å². The summed E-state index contributed by atoms with van der Waals surface area (Å²) in [5, 5.41) is 4.51. The van der Waals surface area contributed by atoms with Crippen LogP contribution in [0.3, 0.4) is 0 Å². The molecule has 1 aliphatic heterocycles. The minimum Gasteiger partial charge on any atom is -0.466 e. The Morgan fingerprint density at radius 3 is 1.81 bits per heavy atom. The zero-order chi connectivity index (χ0) is 30.5. The Bertz CT molecular complexity index is 1340. The molecule has 1 atom stereocenters. The number of esters is 3. The van der Waals surface area contributed by atoms with Gasteiger partial charge in [0.2, 0.25) is 0 Å². The van der Waals surface area contributed by atoms with E-state index in [1.54, 1.807) is 29.2 Å². The van der Waals surface area contributed by atoms with Gasteiger partial charge in [0.1, 0.15) is 0 Å². The van der Waals surface area contributed by atoms with Crippen molar-refractivity contribution in [2.24, 2.45) is 0 Å². The Balaban J connectivity index is 1.68. The van der Waals surface area contributed by atoms with Gasteiger partial charge in [0.05, 0.1) is 26.9 Å². The van der Waals surface area contributed by atoms with Gasteiger partial charge >= 0.3 is 17.9 Å². The first kappa shape index (κ1) is 31.0. The molecule has 222 valence electrons. The number of hydrogen-bond acceptors (Lipinski definition) is 9. The van der Waals surface area contributed by atoms with Crippen molar-refractivity contribution < 1.29 is 33.4 Å². The molecule has 1 saturated heterocycles. The molecule has 9 nitrogen and oxygen atoms in total. The summed E-state index contributed by atoms with van der Waals surface area (Å²) in [6.45, 7) is 4.42. The molecule has 4 rings (SSSR count). The van der Waals surface area contributed by atoms with Gasteiger partial charge in [-0.3, -0.25) is 5.32 Å². The number of methoxy groups -OCH3 is 3. The fourth-order valence-electron chi connectivity index (χ4n) is 5.87. The Labute approximate surface area is 247 Å². The molecule has 0 aliphatic carbocycles. The van der Waals surface area contributed by atoms with Crippen LogP contribution in [0.1, 0.15) is 37.0 Å². The van der Waals surface area contributed by atoms with Crippen molar-refractivity contribution in [2.75, 3.05) is 32.8 Å². The summed E-state index contributed by atoms with van der Waals surface area (Å²) >= 11 is 0. The van der Waals surface area contributed by atoms with Gasteiger partial charge < -0.3 is 23.9 Å². The molecule has 0 spiro atoms. The molecule has 0 saturated carbocycles. The van der Waals surface area contributed by atoms with Crippen LogP contribution in [0.5, 0.6) is 0 Å². The van der Waals surface area contributed by atoms with Crippen molar-refractivity contribution in [3.63, 3.8) is 0 Å². The number of anilines is 1. The Morgan fingerprint density at radius 1 is 0.857 bits per heavy atom. The molecule has 0 radical (unpaired) electrons. The van der Waals surface area contributed by atoms with Gasteiger partial charge in [0, 0.05) is 18.3 Å². The number of ether oxygens (including phenoxy) is 3. The van der Waals surface area contributed by atoms with Crippen molar-refractivity contribution in [1.29, 1.82) is 0 Å². The number of nitrogens with one attached hydrogen (secondary N) is 1. The number of carbonyl (C=O) groups is 3. The molecule has 3 aromatic rings. The van der Waals surface area contributed by atoms with Crippen LogP contribution < -0.4 is 20.6 Å². The highest BCUT2D eigenvalue weighted by Gasteiger charge is 2.60. The summed E-state index contributed by atoms with van der Waals surface area (Å²) in [5.74, 6) is -2.12. The predicted octanol–water partition coefficient (Wildman–Crippen LogP) is 2.61. The summed E-state index contributed by atoms with van der Waals surface area (Å²) < 4.78 is 15.0. The number of carbonyl (C=O) groups excluding carboxylic acids is 3. The molecule has 1 heterocycles. The summed E-state index contributed by atoms with van der Waals surface area (Å²) in [7, 11) is 0.468. The average Bonchev–Trinajstić information content (AvgIpc) is 3.43. The van der Waals surface area contributed by atoms with E-state index < -0.39 is 36.9 Å². The highest BCUT2D eigenvalue weighted by molar-refractivity contribution is 6.98. The Hall–Kier alpha value is -3.99. The van der Waals surface area contributed by atoms with E-state index in [-0.39, 0.29) is 12.6 Å². The molecule has 1 fully saturated rings. The lowest BCUT2D eigenvalue weighted by Gasteiger charge is -2.41. The van der Waals surface area contributed by atoms with Crippen LogP contribution in [0.25, 0.3) is 0 Å². The number of benzene rings is 3. The van der Waals surface area contributed by atoms with Crippen LogP contribution in [0.4, 0.5) is 5.69 Å². The summed E-state index contributed by atoms with van der Waals surface area (Å²) in [5.41, 5.74) is -1.08. The molecule has 3 aromatic carbocycles. The molecule has 1 aliphatic rings. The zero-order valence-corrected chi connectivity index (χ0v) is 25.6. The smallest absolute Gasteiger partial charge is 0.359 e. The maximum absolute atomic E-state index is 13.3. The minimum atomic E-state index is -3.26. The van der Waals surface area contributed by atoms with Crippen molar-refractivity contribution in [3.05, 3.63) is 90.5 Å². The van der Waals surface area contributed by atoms with Crippen molar-refractivity contribution in [1.82, 2.24) is 5.32 Å². The van der Waals surface area contributed by atoms with E-state index in [1.807, 2.05) is 60.7 Å². The number of rotatable bonds is 10. The fourth-order valence-corrected chi connectivity index (χ4v) is 9.63. The monoisotopic (exact) mass is 590 g/mol. The molecule has 0 amide bonds. The first-order valence-corrected chi connectivity index (χ1v) is 15.7. The van der Waals surface area contributed by atoms with E-state index in [9.17, 15) is 19.2 Å². The topological polar surface area (TPSA) is 114 Å². The van der Waals surface area contributed by atoms with Gasteiger partial charge in [-0.2, -0.15) is 0 Å². The summed E-state index contributed by atoms with van der Waals surface area (Å²) in [6, 6.07) is 25.7. The normalized spacial score (nSPS) is 16.5. The maximum Gasteiger partial charge on any atom is 0.359 e. The molecule has 2 N–H and O–H groups in total. The maximum atomic E-state index is 13.3. The lowest BCUT2D eigenvalue weighted by atomic mass is 10.0. The SMILES string of the molecule is COC(=O)c1ccc(N2CC(CCC(C)(C)[Si](O)(c3ccccc3)c3ccccc3)NC2(C(=O)OC)C(=O)OC)cc1. The lowest BCUT2D eigenvalue weighted by molar-refractivity contribution is -0.162. The van der Waals surface area contributed by atoms with E-state index in [1.165, 1.54) is 21.3 Å².